The zero-order valence-electron chi connectivity index (χ0n) is 12.2. The van der Waals surface area contributed by atoms with Crippen LogP contribution in [0, 0.1) is 11.3 Å². The van der Waals surface area contributed by atoms with Crippen LogP contribution in [0.1, 0.15) is 47.5 Å². The molecule has 0 aromatic heterocycles. The Hall–Kier alpha value is -1.06. The molecular weight excluding hydrogens is 230 g/mol. The predicted molar refractivity (Wildman–Crippen MR) is 70.4 cm³/mol. The Labute approximate surface area is 110 Å². The molecule has 1 rings (SSSR count). The molecule has 1 fully saturated rings. The third kappa shape index (κ3) is 4.67. The van der Waals surface area contributed by atoms with Crippen LogP contribution in [-0.4, -0.2) is 36.0 Å². The maximum atomic E-state index is 11.9. The number of hydrogen-bond acceptors (Lipinski definition) is 3. The number of ether oxygens (including phenoxy) is 1. The van der Waals surface area contributed by atoms with Gasteiger partial charge < -0.3 is 14.4 Å². The van der Waals surface area contributed by atoms with E-state index in [0.717, 1.165) is 25.7 Å². The van der Waals surface area contributed by atoms with Crippen molar-refractivity contribution < 1.29 is 14.3 Å². The summed E-state index contributed by atoms with van der Waals surface area (Å²) < 4.78 is 5.34. The average molecular weight is 255 g/mol. The quantitative estimate of drug-likeness (QED) is 0.728. The van der Waals surface area contributed by atoms with Gasteiger partial charge in [-0.05, 0) is 39.5 Å². The van der Waals surface area contributed by atoms with Crippen LogP contribution >= 0.6 is 0 Å². The summed E-state index contributed by atoms with van der Waals surface area (Å²) >= 11 is 0. The number of rotatable bonds is 3. The lowest BCUT2D eigenvalue weighted by Crippen LogP contribution is -2.35. The molecule has 0 radical (unpaired) electrons. The second kappa shape index (κ2) is 5.29. The summed E-state index contributed by atoms with van der Waals surface area (Å²) in [6, 6.07) is 0. The Bertz CT molecular complexity index is 317. The lowest BCUT2D eigenvalue weighted by Gasteiger charge is -2.25. The Kier molecular flexibility index (Phi) is 4.41. The second-order valence-electron chi connectivity index (χ2n) is 6.89. The van der Waals surface area contributed by atoms with Crippen LogP contribution in [-0.2, 0) is 9.53 Å². The molecule has 1 saturated heterocycles. The minimum Gasteiger partial charge on any atom is -0.444 e. The number of likely N-dealkylation sites (tertiary alicyclic amines) is 1. The molecular formula is C14H25NO3. The van der Waals surface area contributed by atoms with Gasteiger partial charge in [-0.1, -0.05) is 13.8 Å². The summed E-state index contributed by atoms with van der Waals surface area (Å²) in [7, 11) is 0. The fraction of sp³-hybridized carbons (Fsp3) is 0.857. The normalized spacial score (nSPS) is 20.9. The van der Waals surface area contributed by atoms with Gasteiger partial charge in [0.2, 0.25) is 0 Å². The second-order valence-corrected chi connectivity index (χ2v) is 6.89. The number of carbonyl (C=O) groups is 2. The Morgan fingerprint density at radius 3 is 2.44 bits per heavy atom. The molecule has 1 amide bonds. The predicted octanol–water partition coefficient (Wildman–Crippen LogP) is 2.86. The summed E-state index contributed by atoms with van der Waals surface area (Å²) in [5.41, 5.74) is -0.744. The fourth-order valence-corrected chi connectivity index (χ4v) is 2.28. The summed E-state index contributed by atoms with van der Waals surface area (Å²) in [4.78, 5) is 24.5. The first kappa shape index (κ1) is 15.0. The highest BCUT2D eigenvalue weighted by Crippen LogP contribution is 2.30. The third-order valence-corrected chi connectivity index (χ3v) is 3.07. The first-order valence-electron chi connectivity index (χ1n) is 6.57. The molecule has 1 unspecified atom stereocenters. The molecule has 4 heteroatoms. The average Bonchev–Trinajstić information content (AvgIpc) is 2.63. The molecule has 4 nitrogen and oxygen atoms in total. The molecule has 1 heterocycles. The molecule has 0 aromatic rings. The van der Waals surface area contributed by atoms with Gasteiger partial charge in [0, 0.05) is 18.5 Å². The van der Waals surface area contributed by atoms with Gasteiger partial charge in [0.05, 0.1) is 0 Å². The zero-order valence-corrected chi connectivity index (χ0v) is 12.2. The van der Waals surface area contributed by atoms with Gasteiger partial charge in [-0.2, -0.15) is 0 Å². The Morgan fingerprint density at radius 1 is 1.33 bits per heavy atom. The minimum absolute atomic E-state index is 0.242. The molecule has 0 N–H and O–H groups in total. The van der Waals surface area contributed by atoms with Gasteiger partial charge in [0.25, 0.3) is 0 Å². The van der Waals surface area contributed by atoms with E-state index in [-0.39, 0.29) is 11.5 Å². The van der Waals surface area contributed by atoms with Crippen molar-refractivity contribution >= 4 is 12.4 Å². The smallest absolute Gasteiger partial charge is 0.410 e. The van der Waals surface area contributed by atoms with Gasteiger partial charge in [-0.3, -0.25) is 0 Å². The number of amides is 1. The van der Waals surface area contributed by atoms with Crippen molar-refractivity contribution in [2.75, 3.05) is 13.1 Å². The molecule has 0 bridgehead atoms. The maximum Gasteiger partial charge on any atom is 0.410 e. The standard InChI is InChI=1S/C14H25NO3/c1-13(2,3)18-12(17)15-7-6-11(9-15)8-14(4,5)10-16/h10-11H,6-9H2,1-5H3. The van der Waals surface area contributed by atoms with E-state index < -0.39 is 5.60 Å². The summed E-state index contributed by atoms with van der Waals surface area (Å²) in [6.45, 7) is 10.9. The van der Waals surface area contributed by atoms with E-state index in [1.165, 1.54) is 0 Å². The topological polar surface area (TPSA) is 46.6 Å². The van der Waals surface area contributed by atoms with Crippen molar-refractivity contribution in [3.63, 3.8) is 0 Å². The van der Waals surface area contributed by atoms with Crippen LogP contribution in [0.3, 0.4) is 0 Å². The van der Waals surface area contributed by atoms with E-state index in [1.54, 1.807) is 4.90 Å². The summed E-state index contributed by atoms with van der Waals surface area (Å²) in [5.74, 6) is 0.401. The maximum absolute atomic E-state index is 11.9. The molecule has 104 valence electrons. The van der Waals surface area contributed by atoms with Crippen LogP contribution in [0.15, 0.2) is 0 Å². The highest BCUT2D eigenvalue weighted by atomic mass is 16.6. The van der Waals surface area contributed by atoms with Crippen molar-refractivity contribution in [2.24, 2.45) is 11.3 Å². The van der Waals surface area contributed by atoms with Crippen molar-refractivity contribution in [3.8, 4) is 0 Å². The van der Waals surface area contributed by atoms with Gasteiger partial charge in [0.1, 0.15) is 11.9 Å². The number of aldehydes is 1. The van der Waals surface area contributed by atoms with Gasteiger partial charge in [0.15, 0.2) is 0 Å². The molecule has 0 aromatic carbocycles. The molecule has 0 spiro atoms. The minimum atomic E-state index is -0.447. The highest BCUT2D eigenvalue weighted by molar-refractivity contribution is 5.68. The van der Waals surface area contributed by atoms with E-state index in [1.807, 2.05) is 34.6 Å². The number of nitrogens with zero attached hydrogens (tertiary/aromatic N) is 1. The number of hydrogen-bond donors (Lipinski definition) is 0. The molecule has 0 aliphatic carbocycles. The van der Waals surface area contributed by atoms with Gasteiger partial charge in [-0.25, -0.2) is 4.79 Å². The monoisotopic (exact) mass is 255 g/mol. The van der Waals surface area contributed by atoms with Crippen LogP contribution in [0.4, 0.5) is 4.79 Å². The Balaban J connectivity index is 2.46. The first-order chi connectivity index (χ1) is 8.13. The van der Waals surface area contributed by atoms with E-state index in [4.69, 9.17) is 4.74 Å². The van der Waals surface area contributed by atoms with Crippen LogP contribution in [0.25, 0.3) is 0 Å². The van der Waals surface area contributed by atoms with Crippen molar-refractivity contribution in [1.29, 1.82) is 0 Å². The third-order valence-electron chi connectivity index (χ3n) is 3.07. The van der Waals surface area contributed by atoms with Crippen LogP contribution in [0.2, 0.25) is 0 Å². The molecule has 18 heavy (non-hydrogen) atoms. The van der Waals surface area contributed by atoms with Crippen molar-refractivity contribution in [3.05, 3.63) is 0 Å². The molecule has 1 aliphatic heterocycles. The van der Waals surface area contributed by atoms with Crippen molar-refractivity contribution in [1.82, 2.24) is 4.90 Å². The van der Waals surface area contributed by atoms with Crippen molar-refractivity contribution in [2.45, 2.75) is 53.1 Å². The van der Waals surface area contributed by atoms with Crippen LogP contribution < -0.4 is 0 Å². The zero-order chi connectivity index (χ0) is 14.0. The number of carbonyl (C=O) groups excluding carboxylic acids is 2. The van der Waals surface area contributed by atoms with Crippen LogP contribution in [0.5, 0.6) is 0 Å². The van der Waals surface area contributed by atoms with E-state index >= 15 is 0 Å². The lowest BCUT2D eigenvalue weighted by molar-refractivity contribution is -0.115. The van der Waals surface area contributed by atoms with Gasteiger partial charge >= 0.3 is 6.09 Å². The largest absolute Gasteiger partial charge is 0.444 e. The fourth-order valence-electron chi connectivity index (χ4n) is 2.28. The van der Waals surface area contributed by atoms with E-state index in [0.29, 0.717) is 12.5 Å². The Morgan fingerprint density at radius 2 is 1.94 bits per heavy atom. The lowest BCUT2D eigenvalue weighted by atomic mass is 9.84. The molecule has 1 aliphatic rings. The van der Waals surface area contributed by atoms with Gasteiger partial charge in [-0.15, -0.1) is 0 Å². The van der Waals surface area contributed by atoms with E-state index in [2.05, 4.69) is 0 Å². The summed E-state index contributed by atoms with van der Waals surface area (Å²) in [5, 5.41) is 0. The first-order valence-corrected chi connectivity index (χ1v) is 6.57. The highest BCUT2D eigenvalue weighted by Gasteiger charge is 2.32. The molecule has 1 atom stereocenters. The summed E-state index contributed by atoms with van der Waals surface area (Å²) in [6.07, 6.45) is 2.55. The SMILES string of the molecule is CC(C)(C=O)CC1CCN(C(=O)OC(C)(C)C)C1. The molecule has 0 saturated carbocycles. The van der Waals surface area contributed by atoms with E-state index in [9.17, 15) is 9.59 Å².